The second-order valence-electron chi connectivity index (χ2n) is 5.15. The molecule has 0 atom stereocenters. The van der Waals surface area contributed by atoms with Crippen molar-refractivity contribution in [3.05, 3.63) is 48.0 Å². The number of thioether (sulfide) groups is 1. The number of rotatable bonds is 8. The van der Waals surface area contributed by atoms with Gasteiger partial charge in [0.15, 0.2) is 6.61 Å². The molecule has 0 aromatic heterocycles. The lowest BCUT2D eigenvalue weighted by Crippen LogP contribution is -2.21. The second kappa shape index (κ2) is 9.72. The molecule has 0 spiro atoms. The highest BCUT2D eigenvalue weighted by Crippen LogP contribution is 2.26. The molecule has 0 saturated carbocycles. The van der Waals surface area contributed by atoms with Gasteiger partial charge in [0.2, 0.25) is 0 Å². The molecule has 0 aliphatic rings. The first-order valence-corrected chi connectivity index (χ1v) is 9.21. The van der Waals surface area contributed by atoms with Crippen LogP contribution < -0.4 is 14.8 Å². The zero-order chi connectivity index (χ0) is 18.9. The summed E-state index contributed by atoms with van der Waals surface area (Å²) in [6.45, 7) is 2.08. The number of carbonyl (C=O) groups is 2. The van der Waals surface area contributed by atoms with Gasteiger partial charge in [-0.25, -0.2) is 4.79 Å². The Morgan fingerprint density at radius 3 is 2.46 bits per heavy atom. The van der Waals surface area contributed by atoms with Gasteiger partial charge in [-0.05, 0) is 55.6 Å². The van der Waals surface area contributed by atoms with Crippen LogP contribution in [0.25, 0.3) is 0 Å². The second-order valence-corrected chi connectivity index (χ2v) is 6.03. The first-order valence-electron chi connectivity index (χ1n) is 7.99. The average molecular weight is 375 g/mol. The minimum absolute atomic E-state index is 0.277. The number of benzene rings is 2. The molecule has 0 unspecified atom stereocenters. The number of nitrogens with one attached hydrogen (secondary N) is 1. The monoisotopic (exact) mass is 375 g/mol. The number of ether oxygens (including phenoxy) is 3. The summed E-state index contributed by atoms with van der Waals surface area (Å²) in [4.78, 5) is 25.1. The van der Waals surface area contributed by atoms with Crippen LogP contribution in [0.5, 0.6) is 11.5 Å². The molecule has 6 nitrogen and oxygen atoms in total. The minimum Gasteiger partial charge on any atom is -0.496 e. The topological polar surface area (TPSA) is 73.9 Å². The van der Waals surface area contributed by atoms with E-state index in [0.29, 0.717) is 18.0 Å². The largest absolute Gasteiger partial charge is 0.496 e. The lowest BCUT2D eigenvalue weighted by atomic mass is 10.2. The van der Waals surface area contributed by atoms with Crippen LogP contribution in [0.1, 0.15) is 17.3 Å². The fourth-order valence-electron chi connectivity index (χ4n) is 2.17. The molecule has 138 valence electrons. The van der Waals surface area contributed by atoms with Gasteiger partial charge in [0, 0.05) is 10.6 Å². The number of esters is 1. The lowest BCUT2D eigenvalue weighted by Gasteiger charge is -2.10. The summed E-state index contributed by atoms with van der Waals surface area (Å²) in [5.41, 5.74) is 0.871. The van der Waals surface area contributed by atoms with E-state index in [1.807, 2.05) is 13.2 Å². The molecule has 0 aliphatic carbocycles. The van der Waals surface area contributed by atoms with E-state index in [9.17, 15) is 9.59 Å². The van der Waals surface area contributed by atoms with Crippen molar-refractivity contribution in [3.8, 4) is 11.5 Å². The number of hydrogen-bond acceptors (Lipinski definition) is 6. The number of amides is 1. The van der Waals surface area contributed by atoms with Crippen molar-refractivity contribution in [2.24, 2.45) is 0 Å². The number of hydrogen-bond donors (Lipinski definition) is 1. The summed E-state index contributed by atoms with van der Waals surface area (Å²) < 4.78 is 15.6. The predicted molar refractivity (Wildman–Crippen MR) is 101 cm³/mol. The fourth-order valence-corrected chi connectivity index (χ4v) is 2.60. The van der Waals surface area contributed by atoms with E-state index < -0.39 is 11.9 Å². The van der Waals surface area contributed by atoms with Gasteiger partial charge in [-0.15, -0.1) is 11.8 Å². The van der Waals surface area contributed by atoms with Crippen molar-refractivity contribution < 1.29 is 23.8 Å². The van der Waals surface area contributed by atoms with Crippen molar-refractivity contribution in [1.29, 1.82) is 0 Å². The number of anilines is 1. The summed E-state index contributed by atoms with van der Waals surface area (Å²) in [5.74, 6) is 0.0880. The molecule has 0 aliphatic heterocycles. The third-order valence-electron chi connectivity index (χ3n) is 3.41. The van der Waals surface area contributed by atoms with E-state index in [0.717, 1.165) is 10.6 Å². The van der Waals surface area contributed by atoms with Gasteiger partial charge in [0.05, 0.1) is 13.7 Å². The summed E-state index contributed by atoms with van der Waals surface area (Å²) in [5, 5.41) is 2.66. The predicted octanol–water partition coefficient (Wildman–Crippen LogP) is 3.61. The van der Waals surface area contributed by atoms with Gasteiger partial charge < -0.3 is 19.5 Å². The molecule has 0 heterocycles. The molecule has 2 aromatic carbocycles. The van der Waals surface area contributed by atoms with Crippen LogP contribution in [-0.2, 0) is 9.53 Å². The van der Waals surface area contributed by atoms with Crippen LogP contribution in [0.4, 0.5) is 5.69 Å². The molecule has 0 radical (unpaired) electrons. The molecular weight excluding hydrogens is 354 g/mol. The first kappa shape index (κ1) is 19.7. The van der Waals surface area contributed by atoms with E-state index in [1.165, 1.54) is 18.9 Å². The smallest absolute Gasteiger partial charge is 0.342 e. The molecule has 7 heteroatoms. The Hall–Kier alpha value is -2.67. The van der Waals surface area contributed by atoms with E-state index in [-0.39, 0.29) is 12.2 Å². The molecular formula is C19H21NO5S. The van der Waals surface area contributed by atoms with E-state index in [4.69, 9.17) is 14.2 Å². The highest BCUT2D eigenvalue weighted by atomic mass is 32.2. The van der Waals surface area contributed by atoms with Crippen LogP contribution in [-0.4, -0.2) is 38.5 Å². The molecule has 0 saturated heterocycles. The van der Waals surface area contributed by atoms with Gasteiger partial charge in [-0.2, -0.15) is 0 Å². The summed E-state index contributed by atoms with van der Waals surface area (Å²) in [6.07, 6.45) is 1.93. The van der Waals surface area contributed by atoms with Crippen LogP contribution in [0.3, 0.4) is 0 Å². The highest BCUT2D eigenvalue weighted by Gasteiger charge is 2.16. The van der Waals surface area contributed by atoms with Crippen molar-refractivity contribution in [2.75, 3.05) is 31.9 Å². The lowest BCUT2D eigenvalue weighted by molar-refractivity contribution is -0.119. The number of carbonyl (C=O) groups excluding carboxylic acids is 2. The third-order valence-corrected chi connectivity index (χ3v) is 4.14. The van der Waals surface area contributed by atoms with Crippen molar-refractivity contribution in [2.45, 2.75) is 11.8 Å². The molecule has 26 heavy (non-hydrogen) atoms. The van der Waals surface area contributed by atoms with Crippen LogP contribution in [0, 0.1) is 0 Å². The van der Waals surface area contributed by atoms with Crippen LogP contribution in [0.2, 0.25) is 0 Å². The quantitative estimate of drug-likeness (QED) is 0.561. The van der Waals surface area contributed by atoms with Crippen LogP contribution in [0.15, 0.2) is 47.4 Å². The Balaban J connectivity index is 1.91. The van der Waals surface area contributed by atoms with Crippen LogP contribution >= 0.6 is 11.8 Å². The van der Waals surface area contributed by atoms with E-state index in [2.05, 4.69) is 5.32 Å². The van der Waals surface area contributed by atoms with E-state index in [1.54, 1.807) is 42.5 Å². The van der Waals surface area contributed by atoms with Gasteiger partial charge in [0.1, 0.15) is 17.1 Å². The van der Waals surface area contributed by atoms with Gasteiger partial charge in [-0.3, -0.25) is 4.79 Å². The van der Waals surface area contributed by atoms with Crippen molar-refractivity contribution >= 4 is 29.3 Å². The standard InChI is InChI=1S/C19H21NO5S/c1-4-24-14-7-5-13(6-8-14)20-18(21)12-25-19(22)16-10-9-15(26-3)11-17(16)23-2/h5-11H,4,12H2,1-3H3,(H,20,21). The van der Waals surface area contributed by atoms with Gasteiger partial charge >= 0.3 is 5.97 Å². The fraction of sp³-hybridized carbons (Fsp3) is 0.263. The molecule has 0 fully saturated rings. The minimum atomic E-state index is -0.614. The summed E-state index contributed by atoms with van der Waals surface area (Å²) >= 11 is 1.54. The Bertz CT molecular complexity index is 761. The zero-order valence-corrected chi connectivity index (χ0v) is 15.7. The summed E-state index contributed by atoms with van der Waals surface area (Å²) in [7, 11) is 1.48. The average Bonchev–Trinajstić information content (AvgIpc) is 2.67. The van der Waals surface area contributed by atoms with Crippen molar-refractivity contribution in [3.63, 3.8) is 0 Å². The maximum absolute atomic E-state index is 12.2. The zero-order valence-electron chi connectivity index (χ0n) is 14.9. The van der Waals surface area contributed by atoms with Crippen molar-refractivity contribution in [1.82, 2.24) is 0 Å². The SMILES string of the molecule is CCOc1ccc(NC(=O)COC(=O)c2ccc(SC)cc2OC)cc1. The maximum atomic E-state index is 12.2. The Labute approximate surface area is 156 Å². The third kappa shape index (κ3) is 5.42. The molecule has 1 amide bonds. The normalized spacial score (nSPS) is 10.1. The molecule has 2 rings (SSSR count). The number of methoxy groups -OCH3 is 1. The molecule has 1 N–H and O–H groups in total. The highest BCUT2D eigenvalue weighted by molar-refractivity contribution is 7.98. The maximum Gasteiger partial charge on any atom is 0.342 e. The van der Waals surface area contributed by atoms with E-state index >= 15 is 0 Å². The Kier molecular flexibility index (Phi) is 7.35. The summed E-state index contributed by atoms with van der Waals surface area (Å²) in [6, 6.07) is 12.1. The van der Waals surface area contributed by atoms with Gasteiger partial charge in [0.25, 0.3) is 5.91 Å². The van der Waals surface area contributed by atoms with Gasteiger partial charge in [-0.1, -0.05) is 0 Å². The molecule has 2 aromatic rings. The first-order chi connectivity index (χ1) is 12.6. The Morgan fingerprint density at radius 1 is 1.12 bits per heavy atom. The molecule has 0 bridgehead atoms. The Morgan fingerprint density at radius 2 is 1.85 bits per heavy atom.